The zero-order chi connectivity index (χ0) is 21.7. The summed E-state index contributed by atoms with van der Waals surface area (Å²) in [6.45, 7) is 0. The van der Waals surface area contributed by atoms with Crippen LogP contribution in [0.5, 0.6) is 0 Å². The highest BCUT2D eigenvalue weighted by Gasteiger charge is 2.32. The maximum atomic E-state index is 13.4. The van der Waals surface area contributed by atoms with Crippen molar-refractivity contribution in [3.05, 3.63) is 98.4 Å². The van der Waals surface area contributed by atoms with Gasteiger partial charge in [-0.1, -0.05) is 87.7 Å². The fraction of sp³-hybridized carbons (Fsp3) is 0.130. The van der Waals surface area contributed by atoms with Crippen molar-refractivity contribution in [3.63, 3.8) is 0 Å². The van der Waals surface area contributed by atoms with Crippen LogP contribution >= 0.6 is 39.1 Å². The van der Waals surface area contributed by atoms with Crippen LogP contribution in [0.3, 0.4) is 0 Å². The third-order valence-electron chi connectivity index (χ3n) is 4.61. The van der Waals surface area contributed by atoms with Gasteiger partial charge in [-0.3, -0.25) is 9.69 Å². The largest absolute Gasteiger partial charge is 0.480 e. The molecule has 1 amide bonds. The van der Waals surface area contributed by atoms with Gasteiger partial charge < -0.3 is 5.11 Å². The molecule has 4 nitrogen and oxygen atoms in total. The molecule has 0 aliphatic rings. The van der Waals surface area contributed by atoms with Crippen LogP contribution in [0.2, 0.25) is 10.0 Å². The fourth-order valence-electron chi connectivity index (χ4n) is 3.17. The average molecular weight is 507 g/mol. The first kappa shape index (κ1) is 22.3. The zero-order valence-electron chi connectivity index (χ0n) is 15.8. The van der Waals surface area contributed by atoms with Crippen LogP contribution in [0.1, 0.15) is 11.1 Å². The molecule has 3 aromatic carbocycles. The number of aliphatic carboxylic acids is 1. The van der Waals surface area contributed by atoms with E-state index < -0.39 is 12.0 Å². The third-order valence-corrected chi connectivity index (χ3v) is 5.92. The van der Waals surface area contributed by atoms with Crippen LogP contribution < -0.4 is 4.90 Å². The van der Waals surface area contributed by atoms with Crippen molar-refractivity contribution in [1.82, 2.24) is 0 Å². The maximum absolute atomic E-state index is 13.4. The molecule has 0 saturated heterocycles. The number of carboxylic acids is 1. The van der Waals surface area contributed by atoms with E-state index in [0.29, 0.717) is 10.7 Å². The lowest BCUT2D eigenvalue weighted by atomic mass is 10.0. The summed E-state index contributed by atoms with van der Waals surface area (Å²) in [4.78, 5) is 26.9. The van der Waals surface area contributed by atoms with Crippen molar-refractivity contribution < 1.29 is 14.7 Å². The van der Waals surface area contributed by atoms with Gasteiger partial charge in [0.1, 0.15) is 6.04 Å². The highest BCUT2D eigenvalue weighted by Crippen LogP contribution is 2.32. The predicted octanol–water partition coefficient (Wildman–Crippen LogP) is 6.03. The molecule has 0 unspecified atom stereocenters. The number of halogens is 3. The Kier molecular flexibility index (Phi) is 7.53. The second kappa shape index (κ2) is 10.1. The van der Waals surface area contributed by atoms with Crippen LogP contribution in [-0.4, -0.2) is 23.0 Å². The lowest BCUT2D eigenvalue weighted by Gasteiger charge is -2.30. The van der Waals surface area contributed by atoms with E-state index in [0.717, 1.165) is 15.6 Å². The summed E-state index contributed by atoms with van der Waals surface area (Å²) in [7, 11) is 0. The Morgan fingerprint density at radius 3 is 2.27 bits per heavy atom. The molecule has 0 aliphatic carbocycles. The lowest BCUT2D eigenvalue weighted by Crippen LogP contribution is -2.47. The van der Waals surface area contributed by atoms with E-state index in [1.165, 1.54) is 11.0 Å². The second-order valence-electron chi connectivity index (χ2n) is 6.67. The standard InChI is InChI=1S/C23H18BrCl2NO3/c24-18-9-5-4-8-16(18)13-22(28)27(20-11-10-17(25)14-19(20)26)21(23(29)30)12-15-6-2-1-3-7-15/h1-11,14,21H,12-13H2,(H,29,30)/t21-/m0/s1. The first-order valence-corrected chi connectivity index (χ1v) is 10.7. The number of carboxylic acid groups (broad SMARTS) is 1. The van der Waals surface area contributed by atoms with Crippen molar-refractivity contribution in [2.45, 2.75) is 18.9 Å². The highest BCUT2D eigenvalue weighted by atomic mass is 79.9. The van der Waals surface area contributed by atoms with Gasteiger partial charge in [-0.05, 0) is 35.4 Å². The number of carbonyl (C=O) groups is 2. The summed E-state index contributed by atoms with van der Waals surface area (Å²) in [5.41, 5.74) is 1.86. The third kappa shape index (κ3) is 5.42. The molecule has 7 heteroatoms. The molecule has 3 rings (SSSR count). The minimum atomic E-state index is -1.14. The number of anilines is 1. The van der Waals surface area contributed by atoms with E-state index >= 15 is 0 Å². The Labute approximate surface area is 193 Å². The van der Waals surface area contributed by atoms with Gasteiger partial charge in [-0.25, -0.2) is 4.79 Å². The van der Waals surface area contributed by atoms with E-state index in [1.807, 2.05) is 54.6 Å². The number of benzene rings is 3. The van der Waals surface area contributed by atoms with Gasteiger partial charge in [0.15, 0.2) is 0 Å². The molecular formula is C23H18BrCl2NO3. The summed E-state index contributed by atoms with van der Waals surface area (Å²) in [6, 6.07) is 20.0. The molecule has 154 valence electrons. The maximum Gasteiger partial charge on any atom is 0.327 e. The SMILES string of the molecule is O=C(O)[C@H](Cc1ccccc1)N(C(=O)Cc1ccccc1Br)c1ccc(Cl)cc1Cl. The lowest BCUT2D eigenvalue weighted by molar-refractivity contribution is -0.140. The van der Waals surface area contributed by atoms with Gasteiger partial charge >= 0.3 is 5.97 Å². The topological polar surface area (TPSA) is 57.6 Å². The number of rotatable bonds is 7. The quantitative estimate of drug-likeness (QED) is 0.425. The smallest absolute Gasteiger partial charge is 0.327 e. The number of hydrogen-bond donors (Lipinski definition) is 1. The van der Waals surface area contributed by atoms with E-state index in [-0.39, 0.29) is 23.8 Å². The van der Waals surface area contributed by atoms with Crippen molar-refractivity contribution in [1.29, 1.82) is 0 Å². The summed E-state index contributed by atoms with van der Waals surface area (Å²) >= 11 is 15.8. The monoisotopic (exact) mass is 505 g/mol. The molecule has 0 fully saturated rings. The summed E-state index contributed by atoms with van der Waals surface area (Å²) in [6.07, 6.45) is 0.149. The molecule has 1 N–H and O–H groups in total. The predicted molar refractivity (Wildman–Crippen MR) is 123 cm³/mol. The molecule has 0 aromatic heterocycles. The Bertz CT molecular complexity index is 1060. The Balaban J connectivity index is 2.04. The first-order chi connectivity index (χ1) is 14.4. The van der Waals surface area contributed by atoms with Gasteiger partial charge in [0.05, 0.1) is 17.1 Å². The van der Waals surface area contributed by atoms with Gasteiger partial charge in [-0.15, -0.1) is 0 Å². The van der Waals surface area contributed by atoms with Gasteiger partial charge in [-0.2, -0.15) is 0 Å². The fourth-order valence-corrected chi connectivity index (χ4v) is 4.09. The van der Waals surface area contributed by atoms with Crippen molar-refractivity contribution in [2.24, 2.45) is 0 Å². The molecule has 0 bridgehead atoms. The molecule has 0 radical (unpaired) electrons. The summed E-state index contributed by atoms with van der Waals surface area (Å²) < 4.78 is 0.774. The number of hydrogen-bond acceptors (Lipinski definition) is 2. The van der Waals surface area contributed by atoms with Crippen LogP contribution in [-0.2, 0) is 22.4 Å². The number of nitrogens with zero attached hydrogens (tertiary/aromatic N) is 1. The molecular weight excluding hydrogens is 489 g/mol. The zero-order valence-corrected chi connectivity index (χ0v) is 18.9. The summed E-state index contributed by atoms with van der Waals surface area (Å²) in [5.74, 6) is -1.50. The molecule has 0 saturated carbocycles. The molecule has 3 aromatic rings. The molecule has 30 heavy (non-hydrogen) atoms. The molecule has 0 spiro atoms. The Hall–Kier alpha value is -2.34. The van der Waals surface area contributed by atoms with E-state index in [4.69, 9.17) is 23.2 Å². The minimum Gasteiger partial charge on any atom is -0.480 e. The van der Waals surface area contributed by atoms with Crippen molar-refractivity contribution in [2.75, 3.05) is 4.90 Å². The number of amides is 1. The van der Waals surface area contributed by atoms with Gasteiger partial charge in [0.2, 0.25) is 5.91 Å². The van der Waals surface area contributed by atoms with Crippen LogP contribution in [0.25, 0.3) is 0 Å². The second-order valence-corrected chi connectivity index (χ2v) is 8.37. The van der Waals surface area contributed by atoms with E-state index in [9.17, 15) is 14.7 Å². The Morgan fingerprint density at radius 2 is 1.63 bits per heavy atom. The van der Waals surface area contributed by atoms with Crippen molar-refractivity contribution >= 4 is 56.7 Å². The van der Waals surface area contributed by atoms with Gasteiger partial charge in [0, 0.05) is 15.9 Å². The van der Waals surface area contributed by atoms with Crippen LogP contribution in [0.4, 0.5) is 5.69 Å². The highest BCUT2D eigenvalue weighted by molar-refractivity contribution is 9.10. The van der Waals surface area contributed by atoms with E-state index in [1.54, 1.807) is 12.1 Å². The van der Waals surface area contributed by atoms with Crippen LogP contribution in [0, 0.1) is 0 Å². The van der Waals surface area contributed by atoms with Crippen LogP contribution in [0.15, 0.2) is 77.3 Å². The van der Waals surface area contributed by atoms with Gasteiger partial charge in [0.25, 0.3) is 0 Å². The minimum absolute atomic E-state index is 0.0128. The number of carbonyl (C=O) groups excluding carboxylic acids is 1. The molecule has 0 heterocycles. The molecule has 1 atom stereocenters. The van der Waals surface area contributed by atoms with E-state index in [2.05, 4.69) is 15.9 Å². The molecule has 0 aliphatic heterocycles. The Morgan fingerprint density at radius 1 is 0.967 bits per heavy atom. The average Bonchev–Trinajstić information content (AvgIpc) is 2.71. The first-order valence-electron chi connectivity index (χ1n) is 9.14. The summed E-state index contributed by atoms with van der Waals surface area (Å²) in [5, 5.41) is 10.6. The van der Waals surface area contributed by atoms with Crippen molar-refractivity contribution in [3.8, 4) is 0 Å². The normalized spacial score (nSPS) is 11.7.